The van der Waals surface area contributed by atoms with E-state index in [4.69, 9.17) is 14.2 Å². The van der Waals surface area contributed by atoms with Crippen molar-refractivity contribution >= 4 is 17.9 Å². The molecule has 39 heavy (non-hydrogen) atoms. The molecular weight excluding hydrogens is 492 g/mol. The zero-order valence-electron chi connectivity index (χ0n) is 22.9. The van der Waals surface area contributed by atoms with Crippen molar-refractivity contribution in [3.63, 3.8) is 0 Å². The normalized spacial score (nSPS) is 10.5. The van der Waals surface area contributed by atoms with Gasteiger partial charge in [-0.3, -0.25) is 0 Å². The summed E-state index contributed by atoms with van der Waals surface area (Å²) >= 11 is 0. The summed E-state index contributed by atoms with van der Waals surface area (Å²) in [6.07, 6.45) is 3.35. The van der Waals surface area contributed by atoms with E-state index < -0.39 is 17.9 Å². The van der Waals surface area contributed by atoms with Gasteiger partial charge in [0.15, 0.2) is 0 Å². The van der Waals surface area contributed by atoms with Crippen molar-refractivity contribution < 1.29 is 28.6 Å². The molecule has 0 aliphatic carbocycles. The molecule has 0 aliphatic heterocycles. The molecule has 0 fully saturated rings. The Bertz CT molecular complexity index is 1420. The molecule has 0 spiro atoms. The van der Waals surface area contributed by atoms with Crippen LogP contribution in [-0.4, -0.2) is 17.9 Å². The lowest BCUT2D eigenvalue weighted by Gasteiger charge is -2.26. The Hall–Kier alpha value is -4.71. The monoisotopic (exact) mass is 524 g/mol. The van der Waals surface area contributed by atoms with Gasteiger partial charge in [-0.05, 0) is 86.2 Å². The van der Waals surface area contributed by atoms with Gasteiger partial charge in [-0.1, -0.05) is 49.6 Å². The third-order valence-electron chi connectivity index (χ3n) is 6.36. The first-order valence-corrected chi connectivity index (χ1v) is 12.3. The molecule has 3 aromatic rings. The maximum atomic E-state index is 12.3. The predicted octanol–water partition coefficient (Wildman–Crippen LogP) is 6.68. The summed E-state index contributed by atoms with van der Waals surface area (Å²) in [6.45, 7) is 20.0. The maximum Gasteiger partial charge on any atom is 0.335 e. The van der Waals surface area contributed by atoms with Crippen LogP contribution in [0.25, 0.3) is 0 Å². The van der Waals surface area contributed by atoms with Crippen LogP contribution in [-0.2, 0) is 14.4 Å². The summed E-state index contributed by atoms with van der Waals surface area (Å²) < 4.78 is 16.6. The Labute approximate surface area is 229 Å². The van der Waals surface area contributed by atoms with E-state index >= 15 is 0 Å². The molecule has 0 unspecified atom stereocenters. The lowest BCUT2D eigenvalue weighted by atomic mass is 9.79. The minimum Gasteiger partial charge on any atom is -0.423 e. The lowest BCUT2D eigenvalue weighted by Crippen LogP contribution is -2.14. The van der Waals surface area contributed by atoms with Gasteiger partial charge in [0.2, 0.25) is 0 Å². The highest BCUT2D eigenvalue weighted by atomic mass is 16.5. The summed E-state index contributed by atoms with van der Waals surface area (Å²) in [5, 5.41) is 0. The van der Waals surface area contributed by atoms with Crippen molar-refractivity contribution in [3.8, 4) is 17.2 Å². The highest BCUT2D eigenvalue weighted by Gasteiger charge is 2.27. The molecule has 6 nitrogen and oxygen atoms in total. The second-order valence-electron chi connectivity index (χ2n) is 9.30. The molecule has 0 N–H and O–H groups in total. The summed E-state index contributed by atoms with van der Waals surface area (Å²) in [5.41, 5.74) is 6.81. The Morgan fingerprint density at radius 1 is 0.564 bits per heavy atom. The number of carbonyl (C=O) groups excluding carboxylic acids is 3. The van der Waals surface area contributed by atoms with Crippen LogP contribution in [0.5, 0.6) is 17.2 Å². The standard InChI is InChI=1S/C33H32O6/c1-9-30(34)37-27-13-12-19(4)14-26(27)33(24-15-22(7)28(17-20(24)5)38-31(35)10-2)25-16-23(8)29(18-21(25)6)39-32(36)11-3/h9-18,33H,1-3H2,4-8H3. The van der Waals surface area contributed by atoms with E-state index in [0.29, 0.717) is 17.2 Å². The number of esters is 3. The summed E-state index contributed by atoms with van der Waals surface area (Å²) in [4.78, 5) is 36.0. The van der Waals surface area contributed by atoms with Gasteiger partial charge in [-0.15, -0.1) is 0 Å². The fourth-order valence-corrected chi connectivity index (χ4v) is 4.41. The molecule has 200 valence electrons. The molecule has 0 radical (unpaired) electrons. The molecule has 0 aromatic heterocycles. The van der Waals surface area contributed by atoms with Crippen molar-refractivity contribution in [1.29, 1.82) is 0 Å². The number of aryl methyl sites for hydroxylation is 5. The zero-order valence-corrected chi connectivity index (χ0v) is 22.9. The van der Waals surface area contributed by atoms with E-state index in [0.717, 1.165) is 62.7 Å². The van der Waals surface area contributed by atoms with Crippen molar-refractivity contribution in [2.45, 2.75) is 40.5 Å². The molecule has 0 atom stereocenters. The average Bonchev–Trinajstić information content (AvgIpc) is 2.90. The largest absolute Gasteiger partial charge is 0.423 e. The van der Waals surface area contributed by atoms with Crippen LogP contribution in [0, 0.1) is 34.6 Å². The molecule has 0 aliphatic rings. The van der Waals surface area contributed by atoms with Crippen LogP contribution in [0.15, 0.2) is 80.4 Å². The van der Waals surface area contributed by atoms with E-state index in [1.54, 1.807) is 6.07 Å². The number of hydrogen-bond donors (Lipinski definition) is 0. The maximum absolute atomic E-state index is 12.3. The molecule has 0 amide bonds. The minimum absolute atomic E-state index is 0.386. The number of hydrogen-bond acceptors (Lipinski definition) is 6. The van der Waals surface area contributed by atoms with Gasteiger partial charge in [0.25, 0.3) is 0 Å². The fourth-order valence-electron chi connectivity index (χ4n) is 4.41. The van der Waals surface area contributed by atoms with E-state index in [9.17, 15) is 14.4 Å². The quantitative estimate of drug-likeness (QED) is 0.134. The molecule has 0 saturated heterocycles. The highest BCUT2D eigenvalue weighted by Crippen LogP contribution is 2.43. The fraction of sp³-hybridized carbons (Fsp3) is 0.182. The topological polar surface area (TPSA) is 78.9 Å². The summed E-state index contributed by atoms with van der Waals surface area (Å²) in [5.74, 6) is -0.787. The van der Waals surface area contributed by atoms with Gasteiger partial charge in [0, 0.05) is 29.7 Å². The highest BCUT2D eigenvalue weighted by molar-refractivity contribution is 5.85. The molecule has 3 aromatic carbocycles. The van der Waals surface area contributed by atoms with Crippen LogP contribution >= 0.6 is 0 Å². The average molecular weight is 525 g/mol. The Kier molecular flexibility index (Phi) is 9.04. The molecule has 0 bridgehead atoms. The molecule has 0 heterocycles. The van der Waals surface area contributed by atoms with Crippen LogP contribution in [0.3, 0.4) is 0 Å². The first-order valence-electron chi connectivity index (χ1n) is 12.3. The van der Waals surface area contributed by atoms with E-state index in [1.807, 2.05) is 71.0 Å². The lowest BCUT2D eigenvalue weighted by molar-refractivity contribution is -0.129. The molecule has 6 heteroatoms. The summed E-state index contributed by atoms with van der Waals surface area (Å²) in [6, 6.07) is 13.2. The second kappa shape index (κ2) is 12.2. The Morgan fingerprint density at radius 2 is 0.974 bits per heavy atom. The molecule has 0 saturated carbocycles. The van der Waals surface area contributed by atoms with Gasteiger partial charge in [-0.2, -0.15) is 0 Å². The second-order valence-corrected chi connectivity index (χ2v) is 9.30. The molecule has 3 rings (SSSR count). The Morgan fingerprint density at radius 3 is 1.38 bits per heavy atom. The minimum atomic E-state index is -0.571. The van der Waals surface area contributed by atoms with Crippen molar-refractivity contribution in [1.82, 2.24) is 0 Å². The number of rotatable bonds is 9. The third-order valence-corrected chi connectivity index (χ3v) is 6.36. The van der Waals surface area contributed by atoms with Gasteiger partial charge in [0.05, 0.1) is 0 Å². The van der Waals surface area contributed by atoms with E-state index in [2.05, 4.69) is 19.7 Å². The zero-order chi connectivity index (χ0) is 28.9. The summed E-state index contributed by atoms with van der Waals surface area (Å²) in [7, 11) is 0. The van der Waals surface area contributed by atoms with Gasteiger partial charge in [0.1, 0.15) is 17.2 Å². The number of benzene rings is 3. The van der Waals surface area contributed by atoms with E-state index in [-0.39, 0.29) is 5.92 Å². The van der Waals surface area contributed by atoms with Crippen molar-refractivity contribution in [3.05, 3.63) is 125 Å². The smallest absolute Gasteiger partial charge is 0.335 e. The van der Waals surface area contributed by atoms with Crippen molar-refractivity contribution in [2.24, 2.45) is 0 Å². The first kappa shape index (κ1) is 28.9. The SMILES string of the molecule is C=CC(=O)Oc1cc(C)c(C(c2cc(C)c(OC(=O)C=C)cc2C)c2cc(C)ccc2OC(=O)C=C)cc1C. The first-order chi connectivity index (χ1) is 18.5. The van der Waals surface area contributed by atoms with E-state index in [1.165, 1.54) is 0 Å². The van der Waals surface area contributed by atoms with Crippen LogP contribution < -0.4 is 14.2 Å². The van der Waals surface area contributed by atoms with Crippen LogP contribution in [0.1, 0.15) is 50.4 Å². The number of ether oxygens (including phenoxy) is 3. The Balaban J connectivity index is 2.33. The van der Waals surface area contributed by atoms with Gasteiger partial charge < -0.3 is 14.2 Å². The van der Waals surface area contributed by atoms with Crippen LogP contribution in [0.4, 0.5) is 0 Å². The third kappa shape index (κ3) is 6.60. The molecular formula is C33H32O6. The predicted molar refractivity (Wildman–Crippen MR) is 151 cm³/mol. The number of carbonyl (C=O) groups is 3. The van der Waals surface area contributed by atoms with Crippen molar-refractivity contribution in [2.75, 3.05) is 0 Å². The van der Waals surface area contributed by atoms with Gasteiger partial charge >= 0.3 is 17.9 Å². The van der Waals surface area contributed by atoms with Crippen LogP contribution in [0.2, 0.25) is 0 Å². The van der Waals surface area contributed by atoms with Gasteiger partial charge in [-0.25, -0.2) is 14.4 Å².